The van der Waals surface area contributed by atoms with Gasteiger partial charge in [0, 0.05) is 6.42 Å². The zero-order valence-corrected chi connectivity index (χ0v) is 13.5. The molecule has 4 heteroatoms. The standard InChI is InChI=1S/C15H18O2P2/c1-10-3-5-14(16-18)12(7-10)9-13-8-11(2)4-6-15(13)17-19/h3-8H,9,18-19H2,1-2H3. The van der Waals surface area contributed by atoms with Crippen molar-refractivity contribution in [3.63, 3.8) is 0 Å². The molecule has 0 spiro atoms. The molecule has 2 unspecified atom stereocenters. The highest BCUT2D eigenvalue weighted by atomic mass is 31.0. The number of aryl methyl sites for hydroxylation is 2. The van der Waals surface area contributed by atoms with E-state index in [9.17, 15) is 0 Å². The van der Waals surface area contributed by atoms with Crippen molar-refractivity contribution in [3.05, 3.63) is 58.7 Å². The molecule has 0 N–H and O–H groups in total. The molecule has 0 saturated heterocycles. The molecule has 0 aliphatic heterocycles. The van der Waals surface area contributed by atoms with E-state index in [1.54, 1.807) is 0 Å². The Bertz CT molecular complexity index is 531. The number of hydrogen-bond donors (Lipinski definition) is 0. The molecular formula is C15H18O2P2. The fourth-order valence-corrected chi connectivity index (χ4v) is 2.59. The van der Waals surface area contributed by atoms with Gasteiger partial charge in [-0.25, -0.2) is 0 Å². The average Bonchev–Trinajstić information content (AvgIpc) is 2.39. The minimum atomic E-state index is 0.789. The Labute approximate surface area is 119 Å². The second-order valence-electron chi connectivity index (χ2n) is 4.63. The lowest BCUT2D eigenvalue weighted by atomic mass is 10.00. The van der Waals surface area contributed by atoms with Gasteiger partial charge in [-0.15, -0.1) is 0 Å². The van der Waals surface area contributed by atoms with Crippen LogP contribution < -0.4 is 9.05 Å². The predicted octanol–water partition coefficient (Wildman–Crippen LogP) is 4.23. The van der Waals surface area contributed by atoms with Crippen LogP contribution in [0.5, 0.6) is 11.5 Å². The summed E-state index contributed by atoms with van der Waals surface area (Å²) in [5, 5.41) is 0. The molecule has 2 aromatic rings. The van der Waals surface area contributed by atoms with E-state index >= 15 is 0 Å². The smallest absolute Gasteiger partial charge is 0.126 e. The number of rotatable bonds is 4. The van der Waals surface area contributed by atoms with Gasteiger partial charge < -0.3 is 9.05 Å². The summed E-state index contributed by atoms with van der Waals surface area (Å²) in [6.45, 7) is 4.17. The summed E-state index contributed by atoms with van der Waals surface area (Å²) in [5.74, 6) is 1.76. The number of benzene rings is 2. The second kappa shape index (κ2) is 6.37. The molecule has 2 atom stereocenters. The normalized spacial score (nSPS) is 10.3. The van der Waals surface area contributed by atoms with Crippen LogP contribution in [0.3, 0.4) is 0 Å². The Morgan fingerprint density at radius 3 is 1.58 bits per heavy atom. The van der Waals surface area contributed by atoms with E-state index < -0.39 is 0 Å². The average molecular weight is 292 g/mol. The molecule has 0 radical (unpaired) electrons. The molecule has 0 heterocycles. The highest BCUT2D eigenvalue weighted by molar-refractivity contribution is 7.10. The third kappa shape index (κ3) is 3.47. The van der Waals surface area contributed by atoms with Crippen molar-refractivity contribution in [1.29, 1.82) is 0 Å². The van der Waals surface area contributed by atoms with Gasteiger partial charge in [0.15, 0.2) is 0 Å². The molecule has 0 fully saturated rings. The third-order valence-corrected chi connectivity index (χ3v) is 3.57. The van der Waals surface area contributed by atoms with Crippen LogP contribution in [0, 0.1) is 13.8 Å². The lowest BCUT2D eigenvalue weighted by Gasteiger charge is -2.12. The van der Waals surface area contributed by atoms with Crippen molar-refractivity contribution in [1.82, 2.24) is 0 Å². The van der Waals surface area contributed by atoms with Crippen LogP contribution in [0.4, 0.5) is 0 Å². The molecule has 0 amide bonds. The molecule has 2 rings (SSSR count). The summed E-state index contributed by atoms with van der Waals surface area (Å²) < 4.78 is 10.7. The molecule has 0 aliphatic carbocycles. The summed E-state index contributed by atoms with van der Waals surface area (Å²) in [7, 11) is 4.62. The first-order chi connectivity index (χ1) is 9.13. The van der Waals surface area contributed by atoms with Crippen LogP contribution in [0.15, 0.2) is 36.4 Å². The van der Waals surface area contributed by atoms with Crippen LogP contribution in [0.25, 0.3) is 0 Å². The molecule has 100 valence electrons. The highest BCUT2D eigenvalue weighted by Crippen LogP contribution is 2.29. The maximum Gasteiger partial charge on any atom is 0.126 e. The molecule has 0 saturated carbocycles. The van der Waals surface area contributed by atoms with Crippen molar-refractivity contribution >= 4 is 18.9 Å². The van der Waals surface area contributed by atoms with E-state index in [2.05, 4.69) is 44.9 Å². The van der Waals surface area contributed by atoms with Gasteiger partial charge in [0.1, 0.15) is 11.5 Å². The molecule has 2 aromatic carbocycles. The Kier molecular flexibility index (Phi) is 4.80. The molecular weight excluding hydrogens is 274 g/mol. The zero-order chi connectivity index (χ0) is 13.8. The Hall–Kier alpha value is -1.10. The summed E-state index contributed by atoms with van der Waals surface area (Å²) in [4.78, 5) is 0. The van der Waals surface area contributed by atoms with Gasteiger partial charge >= 0.3 is 0 Å². The first-order valence-electron chi connectivity index (χ1n) is 6.06. The van der Waals surface area contributed by atoms with Crippen LogP contribution in [0.1, 0.15) is 22.3 Å². The van der Waals surface area contributed by atoms with Gasteiger partial charge in [-0.2, -0.15) is 0 Å². The quantitative estimate of drug-likeness (QED) is 0.785. The van der Waals surface area contributed by atoms with E-state index in [-0.39, 0.29) is 0 Å². The highest BCUT2D eigenvalue weighted by Gasteiger charge is 2.09. The Morgan fingerprint density at radius 2 is 1.21 bits per heavy atom. The summed E-state index contributed by atoms with van der Waals surface area (Å²) >= 11 is 0. The van der Waals surface area contributed by atoms with Crippen molar-refractivity contribution in [2.45, 2.75) is 20.3 Å². The lowest BCUT2D eigenvalue weighted by molar-refractivity contribution is 0.625. The molecule has 0 aliphatic rings. The first-order valence-corrected chi connectivity index (χ1v) is 7.01. The van der Waals surface area contributed by atoms with Gasteiger partial charge in [-0.3, -0.25) is 0 Å². The molecule has 19 heavy (non-hydrogen) atoms. The third-order valence-electron chi connectivity index (χ3n) is 3.07. The summed E-state index contributed by atoms with van der Waals surface area (Å²) in [6, 6.07) is 12.4. The van der Waals surface area contributed by atoms with Crippen molar-refractivity contribution < 1.29 is 9.05 Å². The summed E-state index contributed by atoms with van der Waals surface area (Å²) in [5.41, 5.74) is 4.76. The van der Waals surface area contributed by atoms with Crippen molar-refractivity contribution in [3.8, 4) is 11.5 Å². The van der Waals surface area contributed by atoms with Gasteiger partial charge in [0.05, 0.1) is 18.9 Å². The molecule has 0 bridgehead atoms. The van der Waals surface area contributed by atoms with Crippen LogP contribution >= 0.6 is 18.9 Å². The lowest BCUT2D eigenvalue weighted by Crippen LogP contribution is -1.95. The van der Waals surface area contributed by atoms with E-state index in [4.69, 9.17) is 9.05 Å². The van der Waals surface area contributed by atoms with E-state index in [0.717, 1.165) is 29.0 Å². The predicted molar refractivity (Wildman–Crippen MR) is 85.8 cm³/mol. The first kappa shape index (κ1) is 14.3. The minimum Gasteiger partial charge on any atom is -0.480 e. The van der Waals surface area contributed by atoms with Crippen LogP contribution in [-0.2, 0) is 6.42 Å². The van der Waals surface area contributed by atoms with Crippen molar-refractivity contribution in [2.75, 3.05) is 0 Å². The topological polar surface area (TPSA) is 18.5 Å². The zero-order valence-electron chi connectivity index (χ0n) is 11.1. The maximum atomic E-state index is 5.35. The number of hydrogen-bond acceptors (Lipinski definition) is 2. The van der Waals surface area contributed by atoms with E-state index in [0.29, 0.717) is 0 Å². The van der Waals surface area contributed by atoms with Crippen LogP contribution in [0.2, 0.25) is 0 Å². The monoisotopic (exact) mass is 292 g/mol. The van der Waals surface area contributed by atoms with Gasteiger partial charge in [0.2, 0.25) is 0 Å². The fourth-order valence-electron chi connectivity index (χ4n) is 2.13. The Balaban J connectivity index is 2.40. The van der Waals surface area contributed by atoms with Crippen molar-refractivity contribution in [2.24, 2.45) is 0 Å². The summed E-state index contributed by atoms with van der Waals surface area (Å²) in [6.07, 6.45) is 0.789. The van der Waals surface area contributed by atoms with Gasteiger partial charge in [-0.05, 0) is 37.1 Å². The Morgan fingerprint density at radius 1 is 0.789 bits per heavy atom. The SMILES string of the molecule is Cc1ccc(OP)c(Cc2cc(C)ccc2OP)c1. The van der Waals surface area contributed by atoms with Gasteiger partial charge in [0.25, 0.3) is 0 Å². The maximum absolute atomic E-state index is 5.35. The largest absolute Gasteiger partial charge is 0.480 e. The second-order valence-corrected chi connectivity index (χ2v) is 5.11. The van der Waals surface area contributed by atoms with E-state index in [1.165, 1.54) is 11.1 Å². The van der Waals surface area contributed by atoms with E-state index in [1.807, 2.05) is 24.3 Å². The van der Waals surface area contributed by atoms with Crippen LogP contribution in [-0.4, -0.2) is 0 Å². The molecule has 0 aromatic heterocycles. The fraction of sp³-hybridized carbons (Fsp3) is 0.200. The van der Waals surface area contributed by atoms with Gasteiger partial charge in [-0.1, -0.05) is 35.4 Å². The minimum absolute atomic E-state index is 0.789. The molecule has 2 nitrogen and oxygen atoms in total.